The first kappa shape index (κ1) is 12.7. The van der Waals surface area contributed by atoms with E-state index in [-0.39, 0.29) is 24.9 Å². The van der Waals surface area contributed by atoms with E-state index in [1.165, 1.54) is 0 Å². The van der Waals surface area contributed by atoms with Crippen molar-refractivity contribution >= 4 is 29.2 Å². The second-order valence-corrected chi connectivity index (χ2v) is 4.66. The van der Waals surface area contributed by atoms with Crippen molar-refractivity contribution in [3.05, 3.63) is 29.3 Å². The van der Waals surface area contributed by atoms with Gasteiger partial charge in [-0.2, -0.15) is 0 Å². The molecule has 1 heterocycles. The van der Waals surface area contributed by atoms with Crippen molar-refractivity contribution in [2.75, 3.05) is 18.0 Å². The van der Waals surface area contributed by atoms with Gasteiger partial charge in [0.2, 0.25) is 5.91 Å². The second-order valence-electron chi connectivity index (χ2n) is 4.22. The predicted molar refractivity (Wildman–Crippen MR) is 67.8 cm³/mol. The maximum absolute atomic E-state index is 11.5. The van der Waals surface area contributed by atoms with Crippen LogP contribution in [0.2, 0.25) is 5.02 Å². The number of anilines is 1. The molecule has 96 valence electrons. The molecular weight excluding hydrogens is 256 g/mol. The third kappa shape index (κ3) is 3.13. The van der Waals surface area contributed by atoms with Crippen molar-refractivity contribution in [1.29, 1.82) is 0 Å². The summed E-state index contributed by atoms with van der Waals surface area (Å²) in [5.41, 5.74) is 0.827. The summed E-state index contributed by atoms with van der Waals surface area (Å²) in [5, 5.41) is 12.0. The maximum Gasteiger partial charge on any atom is 0.305 e. The molecule has 1 fully saturated rings. The van der Waals surface area contributed by atoms with Crippen molar-refractivity contribution in [3.8, 4) is 0 Å². The van der Waals surface area contributed by atoms with Gasteiger partial charge in [0.25, 0.3) is 0 Å². The third-order valence-corrected chi connectivity index (χ3v) is 2.97. The Morgan fingerprint density at radius 1 is 1.56 bits per heavy atom. The van der Waals surface area contributed by atoms with Crippen LogP contribution in [0.1, 0.15) is 6.42 Å². The quantitative estimate of drug-likeness (QED) is 0.862. The first-order valence-electron chi connectivity index (χ1n) is 5.56. The number of rotatable bonds is 3. The number of benzene rings is 1. The molecule has 0 aromatic heterocycles. The van der Waals surface area contributed by atoms with Crippen LogP contribution < -0.4 is 10.2 Å². The number of aliphatic carboxylic acids is 1. The molecular formula is C12H13ClN2O3. The first-order valence-corrected chi connectivity index (χ1v) is 5.94. The zero-order valence-electron chi connectivity index (χ0n) is 9.60. The number of carboxylic acids is 1. The van der Waals surface area contributed by atoms with Gasteiger partial charge in [0.15, 0.2) is 0 Å². The SMILES string of the molecule is O=C(O)CC1CN(c2cccc(Cl)c2)CC(=O)N1. The molecule has 1 amide bonds. The molecule has 2 N–H and O–H groups in total. The lowest BCUT2D eigenvalue weighted by atomic mass is 10.1. The van der Waals surface area contributed by atoms with E-state index in [0.717, 1.165) is 5.69 Å². The van der Waals surface area contributed by atoms with Crippen LogP contribution >= 0.6 is 11.6 Å². The Morgan fingerprint density at radius 3 is 3.00 bits per heavy atom. The summed E-state index contributed by atoms with van der Waals surface area (Å²) in [5.74, 6) is -1.10. The molecule has 1 unspecified atom stereocenters. The van der Waals surface area contributed by atoms with Crippen LogP contribution in [-0.2, 0) is 9.59 Å². The summed E-state index contributed by atoms with van der Waals surface area (Å²) in [6, 6.07) is 6.79. The molecule has 18 heavy (non-hydrogen) atoms. The predicted octanol–water partition coefficient (Wildman–Crippen LogP) is 1.12. The summed E-state index contributed by atoms with van der Waals surface area (Å²) < 4.78 is 0. The summed E-state index contributed by atoms with van der Waals surface area (Å²) >= 11 is 5.90. The lowest BCUT2D eigenvalue weighted by Gasteiger charge is -2.34. The Morgan fingerprint density at radius 2 is 2.33 bits per heavy atom. The van der Waals surface area contributed by atoms with Gasteiger partial charge in [-0.15, -0.1) is 0 Å². The van der Waals surface area contributed by atoms with Gasteiger partial charge in [-0.05, 0) is 18.2 Å². The smallest absolute Gasteiger partial charge is 0.305 e. The zero-order valence-corrected chi connectivity index (χ0v) is 10.4. The minimum atomic E-state index is -0.923. The van der Waals surface area contributed by atoms with E-state index >= 15 is 0 Å². The molecule has 2 rings (SSSR count). The van der Waals surface area contributed by atoms with Gasteiger partial charge in [-0.3, -0.25) is 9.59 Å². The lowest BCUT2D eigenvalue weighted by molar-refractivity contribution is -0.137. The molecule has 1 atom stereocenters. The Bertz CT molecular complexity index is 476. The Kier molecular flexibility index (Phi) is 3.72. The molecule has 0 bridgehead atoms. The molecule has 0 saturated carbocycles. The zero-order chi connectivity index (χ0) is 13.1. The van der Waals surface area contributed by atoms with E-state index in [4.69, 9.17) is 16.7 Å². The summed E-state index contributed by atoms with van der Waals surface area (Å²) in [6.07, 6.45) is -0.0805. The summed E-state index contributed by atoms with van der Waals surface area (Å²) in [7, 11) is 0. The minimum absolute atomic E-state index is 0.0805. The third-order valence-electron chi connectivity index (χ3n) is 2.73. The fourth-order valence-corrected chi connectivity index (χ4v) is 2.20. The number of nitrogens with zero attached hydrogens (tertiary/aromatic N) is 1. The van der Waals surface area contributed by atoms with Crippen LogP contribution in [0, 0.1) is 0 Å². The minimum Gasteiger partial charge on any atom is -0.481 e. The van der Waals surface area contributed by atoms with E-state index in [1.807, 2.05) is 11.0 Å². The first-order chi connectivity index (χ1) is 8.54. The fourth-order valence-electron chi connectivity index (χ4n) is 2.02. The number of carbonyl (C=O) groups is 2. The number of carbonyl (C=O) groups excluding carboxylic acids is 1. The molecule has 6 heteroatoms. The largest absolute Gasteiger partial charge is 0.481 e. The van der Waals surface area contributed by atoms with Crippen LogP contribution in [0.4, 0.5) is 5.69 Å². The number of halogens is 1. The lowest BCUT2D eigenvalue weighted by Crippen LogP contribution is -2.54. The number of hydrogen-bond donors (Lipinski definition) is 2. The Balaban J connectivity index is 2.13. The van der Waals surface area contributed by atoms with E-state index in [1.54, 1.807) is 18.2 Å². The van der Waals surface area contributed by atoms with Gasteiger partial charge >= 0.3 is 5.97 Å². The van der Waals surface area contributed by atoms with Gasteiger partial charge < -0.3 is 15.3 Å². The molecule has 0 spiro atoms. The second kappa shape index (κ2) is 5.27. The van der Waals surface area contributed by atoms with Crippen LogP contribution in [0.5, 0.6) is 0 Å². The monoisotopic (exact) mass is 268 g/mol. The maximum atomic E-state index is 11.5. The molecule has 1 aromatic rings. The molecule has 1 aromatic carbocycles. The van der Waals surface area contributed by atoms with Crippen molar-refractivity contribution in [3.63, 3.8) is 0 Å². The molecule has 5 nitrogen and oxygen atoms in total. The number of hydrogen-bond acceptors (Lipinski definition) is 3. The van der Waals surface area contributed by atoms with Crippen LogP contribution in [0.25, 0.3) is 0 Å². The molecule has 0 aliphatic carbocycles. The Hall–Kier alpha value is -1.75. The molecule has 1 saturated heterocycles. The van der Waals surface area contributed by atoms with Crippen LogP contribution in [-0.4, -0.2) is 36.1 Å². The summed E-state index contributed by atoms with van der Waals surface area (Å²) in [6.45, 7) is 0.689. The molecule has 0 radical (unpaired) electrons. The highest BCUT2D eigenvalue weighted by Gasteiger charge is 2.26. The normalized spacial score (nSPS) is 19.5. The van der Waals surface area contributed by atoms with E-state index < -0.39 is 5.97 Å². The van der Waals surface area contributed by atoms with Crippen LogP contribution in [0.15, 0.2) is 24.3 Å². The van der Waals surface area contributed by atoms with Crippen molar-refractivity contribution < 1.29 is 14.7 Å². The average Bonchev–Trinajstić information content (AvgIpc) is 2.27. The van der Waals surface area contributed by atoms with Gasteiger partial charge in [-0.25, -0.2) is 0 Å². The number of amides is 1. The van der Waals surface area contributed by atoms with Gasteiger partial charge in [-0.1, -0.05) is 17.7 Å². The van der Waals surface area contributed by atoms with Crippen molar-refractivity contribution in [1.82, 2.24) is 5.32 Å². The number of piperazine rings is 1. The van der Waals surface area contributed by atoms with Gasteiger partial charge in [0.1, 0.15) is 0 Å². The highest BCUT2D eigenvalue weighted by molar-refractivity contribution is 6.30. The van der Waals surface area contributed by atoms with E-state index in [9.17, 15) is 9.59 Å². The van der Waals surface area contributed by atoms with E-state index in [2.05, 4.69) is 5.32 Å². The highest BCUT2D eigenvalue weighted by Crippen LogP contribution is 2.21. The molecule has 1 aliphatic rings. The number of nitrogens with one attached hydrogen (secondary N) is 1. The Labute approximate surface area is 109 Å². The van der Waals surface area contributed by atoms with Gasteiger partial charge in [0.05, 0.1) is 19.0 Å². The van der Waals surface area contributed by atoms with Crippen molar-refractivity contribution in [2.24, 2.45) is 0 Å². The van der Waals surface area contributed by atoms with E-state index in [0.29, 0.717) is 11.6 Å². The van der Waals surface area contributed by atoms with Gasteiger partial charge in [0, 0.05) is 17.3 Å². The molecule has 1 aliphatic heterocycles. The highest BCUT2D eigenvalue weighted by atomic mass is 35.5. The average molecular weight is 269 g/mol. The fraction of sp³-hybridized carbons (Fsp3) is 0.333. The van der Waals surface area contributed by atoms with Crippen molar-refractivity contribution in [2.45, 2.75) is 12.5 Å². The van der Waals surface area contributed by atoms with Crippen LogP contribution in [0.3, 0.4) is 0 Å². The standard InChI is InChI=1S/C12H13ClN2O3/c13-8-2-1-3-10(4-8)15-6-9(5-12(17)18)14-11(16)7-15/h1-4,9H,5-7H2,(H,14,16)(H,17,18). The summed E-state index contributed by atoms with van der Waals surface area (Å²) in [4.78, 5) is 24.1. The number of carboxylic acid groups (broad SMARTS) is 1. The topological polar surface area (TPSA) is 69.6 Å².